The van der Waals surface area contributed by atoms with Gasteiger partial charge in [-0.15, -0.1) is 0 Å². The van der Waals surface area contributed by atoms with Gasteiger partial charge in [0.05, 0.1) is 15.6 Å². The van der Waals surface area contributed by atoms with Crippen molar-refractivity contribution in [2.24, 2.45) is 0 Å². The van der Waals surface area contributed by atoms with E-state index in [1.807, 2.05) is 69.3 Å². The predicted octanol–water partition coefficient (Wildman–Crippen LogP) is 6.71. The summed E-state index contributed by atoms with van der Waals surface area (Å²) in [5, 5.41) is 11.7. The lowest BCUT2D eigenvalue weighted by Crippen LogP contribution is -2.31. The van der Waals surface area contributed by atoms with Gasteiger partial charge in [-0.1, -0.05) is 59.1 Å². The van der Waals surface area contributed by atoms with E-state index in [2.05, 4.69) is 20.7 Å². The third kappa shape index (κ3) is 5.19. The maximum atomic E-state index is 13.6. The maximum Gasteiger partial charge on any atom is 0.255 e. The van der Waals surface area contributed by atoms with Gasteiger partial charge in [-0.2, -0.15) is 10.1 Å². The van der Waals surface area contributed by atoms with Crippen molar-refractivity contribution in [2.45, 2.75) is 33.4 Å². The molecule has 7 nitrogen and oxygen atoms in total. The van der Waals surface area contributed by atoms with Crippen molar-refractivity contribution < 1.29 is 9.53 Å². The Morgan fingerprint density at radius 2 is 1.81 bits per heavy atom. The van der Waals surface area contributed by atoms with Crippen LogP contribution in [-0.2, 0) is 11.4 Å². The quantitative estimate of drug-likeness (QED) is 0.288. The molecule has 0 fully saturated rings. The summed E-state index contributed by atoms with van der Waals surface area (Å²) in [7, 11) is 0. The molecule has 1 aromatic heterocycles. The predicted molar refractivity (Wildman–Crippen MR) is 146 cm³/mol. The third-order valence-electron chi connectivity index (χ3n) is 6.25. The van der Waals surface area contributed by atoms with Crippen molar-refractivity contribution >= 4 is 40.7 Å². The molecule has 9 heteroatoms. The summed E-state index contributed by atoms with van der Waals surface area (Å²) in [4.78, 5) is 17.9. The third-order valence-corrected chi connectivity index (χ3v) is 6.99. The second-order valence-corrected chi connectivity index (χ2v) is 9.79. The largest absolute Gasteiger partial charge is 0.489 e. The number of nitrogens with one attached hydrogen (secondary N) is 2. The SMILES string of the molecule is CC1=C(C(=O)Nc2ccc(C)cc2C)[C@H](c2ccc(OCc3ccc(Cl)c(Cl)c3)cc2)n2ncnc2N1. The summed E-state index contributed by atoms with van der Waals surface area (Å²) in [6, 6.07) is 18.5. The number of allylic oxidation sites excluding steroid dienone is 1. The molecule has 1 atom stereocenters. The number of hydrogen-bond acceptors (Lipinski definition) is 5. The van der Waals surface area contributed by atoms with Crippen LogP contribution in [0.1, 0.15) is 35.2 Å². The van der Waals surface area contributed by atoms with Gasteiger partial charge in [0.1, 0.15) is 24.7 Å². The molecule has 1 aliphatic rings. The van der Waals surface area contributed by atoms with E-state index in [0.717, 1.165) is 27.9 Å². The lowest BCUT2D eigenvalue weighted by molar-refractivity contribution is -0.113. The van der Waals surface area contributed by atoms with E-state index in [9.17, 15) is 4.79 Å². The van der Waals surface area contributed by atoms with E-state index in [1.165, 1.54) is 6.33 Å². The highest BCUT2D eigenvalue weighted by molar-refractivity contribution is 6.42. The molecule has 1 aliphatic heterocycles. The van der Waals surface area contributed by atoms with Crippen LogP contribution in [0.2, 0.25) is 10.0 Å². The zero-order valence-corrected chi connectivity index (χ0v) is 22.1. The van der Waals surface area contributed by atoms with Crippen LogP contribution in [0.25, 0.3) is 0 Å². The van der Waals surface area contributed by atoms with Crippen LogP contribution in [-0.4, -0.2) is 20.7 Å². The lowest BCUT2D eigenvalue weighted by Gasteiger charge is -2.29. The highest BCUT2D eigenvalue weighted by atomic mass is 35.5. The topological polar surface area (TPSA) is 81.1 Å². The first kappa shape index (κ1) is 24.9. The molecule has 1 amide bonds. The van der Waals surface area contributed by atoms with Crippen LogP contribution < -0.4 is 15.4 Å². The molecule has 37 heavy (non-hydrogen) atoms. The van der Waals surface area contributed by atoms with Gasteiger partial charge in [-0.3, -0.25) is 4.79 Å². The van der Waals surface area contributed by atoms with Crippen LogP contribution >= 0.6 is 23.2 Å². The highest BCUT2D eigenvalue weighted by Gasteiger charge is 2.33. The lowest BCUT2D eigenvalue weighted by atomic mass is 9.94. The normalized spacial score (nSPS) is 14.7. The van der Waals surface area contributed by atoms with E-state index in [1.54, 1.807) is 16.8 Å². The zero-order valence-electron chi connectivity index (χ0n) is 20.5. The second kappa shape index (κ2) is 10.3. The number of fused-ring (bicyclic) bond motifs is 1. The van der Waals surface area contributed by atoms with Crippen LogP contribution in [0, 0.1) is 13.8 Å². The minimum Gasteiger partial charge on any atom is -0.489 e. The standard InChI is InChI=1S/C28H25Cl2N5O2/c1-16-4-11-24(17(2)12-16)34-27(36)25-18(3)33-28-31-15-32-35(28)26(25)20-6-8-21(9-7-20)37-14-19-5-10-22(29)23(30)13-19/h4-13,15,26H,14H2,1-3H3,(H,34,36)(H,31,32,33)/t26-/m0/s1. The Hall–Kier alpha value is -3.81. The molecule has 2 heterocycles. The first-order valence-corrected chi connectivity index (χ1v) is 12.5. The van der Waals surface area contributed by atoms with E-state index >= 15 is 0 Å². The van der Waals surface area contributed by atoms with Crippen LogP contribution in [0.4, 0.5) is 11.6 Å². The molecule has 0 unspecified atom stereocenters. The van der Waals surface area contributed by atoms with E-state index in [0.29, 0.717) is 39.6 Å². The first-order valence-electron chi connectivity index (χ1n) is 11.7. The monoisotopic (exact) mass is 533 g/mol. The van der Waals surface area contributed by atoms with Crippen molar-refractivity contribution in [1.29, 1.82) is 0 Å². The number of benzene rings is 3. The molecule has 5 rings (SSSR count). The van der Waals surface area contributed by atoms with Crippen LogP contribution in [0.15, 0.2) is 78.3 Å². The summed E-state index contributed by atoms with van der Waals surface area (Å²) < 4.78 is 7.66. The van der Waals surface area contributed by atoms with Gasteiger partial charge in [0.2, 0.25) is 5.95 Å². The number of anilines is 2. The smallest absolute Gasteiger partial charge is 0.255 e. The summed E-state index contributed by atoms with van der Waals surface area (Å²) >= 11 is 12.1. The molecular formula is C28H25Cl2N5O2. The molecule has 2 N–H and O–H groups in total. The van der Waals surface area contributed by atoms with Gasteiger partial charge in [0, 0.05) is 11.4 Å². The number of aromatic nitrogens is 3. The minimum absolute atomic E-state index is 0.206. The van der Waals surface area contributed by atoms with Crippen molar-refractivity contribution in [3.05, 3.63) is 111 Å². The number of ether oxygens (including phenoxy) is 1. The summed E-state index contributed by atoms with van der Waals surface area (Å²) in [6.07, 6.45) is 1.47. The van der Waals surface area contributed by atoms with Gasteiger partial charge < -0.3 is 15.4 Å². The van der Waals surface area contributed by atoms with E-state index in [-0.39, 0.29) is 5.91 Å². The molecule has 0 saturated carbocycles. The Balaban J connectivity index is 1.40. The number of aryl methyl sites for hydroxylation is 2. The molecule has 4 aromatic rings. The molecule has 0 radical (unpaired) electrons. The number of carbonyl (C=O) groups excluding carboxylic acids is 1. The summed E-state index contributed by atoms with van der Waals surface area (Å²) in [5.41, 5.74) is 5.96. The fraction of sp³-hybridized carbons (Fsp3) is 0.179. The van der Waals surface area contributed by atoms with Gasteiger partial charge in [0.15, 0.2) is 0 Å². The molecule has 0 spiro atoms. The maximum absolute atomic E-state index is 13.6. The fourth-order valence-corrected chi connectivity index (χ4v) is 4.70. The molecule has 0 saturated heterocycles. The average Bonchev–Trinajstić information content (AvgIpc) is 3.34. The molecule has 0 aliphatic carbocycles. The van der Waals surface area contributed by atoms with Crippen molar-refractivity contribution in [3.8, 4) is 5.75 Å². The van der Waals surface area contributed by atoms with Gasteiger partial charge in [0.25, 0.3) is 5.91 Å². The minimum atomic E-state index is -0.464. The molecule has 3 aromatic carbocycles. The number of amides is 1. The number of halogens is 2. The molecule has 188 valence electrons. The summed E-state index contributed by atoms with van der Waals surface area (Å²) in [6.45, 7) is 6.22. The number of rotatable bonds is 6. The van der Waals surface area contributed by atoms with Crippen molar-refractivity contribution in [1.82, 2.24) is 14.8 Å². The van der Waals surface area contributed by atoms with Crippen molar-refractivity contribution in [2.75, 3.05) is 10.6 Å². The molecular weight excluding hydrogens is 509 g/mol. The van der Waals surface area contributed by atoms with Gasteiger partial charge >= 0.3 is 0 Å². The van der Waals surface area contributed by atoms with E-state index in [4.69, 9.17) is 27.9 Å². The zero-order chi connectivity index (χ0) is 26.1. The van der Waals surface area contributed by atoms with Crippen LogP contribution in [0.5, 0.6) is 5.75 Å². The Labute approximate surface area is 225 Å². The van der Waals surface area contributed by atoms with Gasteiger partial charge in [-0.05, 0) is 67.8 Å². The Bertz CT molecular complexity index is 1510. The fourth-order valence-electron chi connectivity index (χ4n) is 4.38. The highest BCUT2D eigenvalue weighted by Crippen LogP contribution is 2.36. The number of hydrogen-bond donors (Lipinski definition) is 2. The van der Waals surface area contributed by atoms with Gasteiger partial charge in [-0.25, -0.2) is 4.68 Å². The Morgan fingerprint density at radius 1 is 1.03 bits per heavy atom. The average molecular weight is 534 g/mol. The number of nitrogens with zero attached hydrogens (tertiary/aromatic N) is 3. The van der Waals surface area contributed by atoms with Crippen LogP contribution in [0.3, 0.4) is 0 Å². The van der Waals surface area contributed by atoms with Crippen molar-refractivity contribution in [3.63, 3.8) is 0 Å². The Kier molecular flexibility index (Phi) is 6.91. The second-order valence-electron chi connectivity index (χ2n) is 8.97. The first-order chi connectivity index (χ1) is 17.8. The Morgan fingerprint density at radius 3 is 2.54 bits per heavy atom. The summed E-state index contributed by atoms with van der Waals surface area (Å²) in [5.74, 6) is 1.05. The number of carbonyl (C=O) groups is 1. The molecule has 0 bridgehead atoms. The van der Waals surface area contributed by atoms with E-state index < -0.39 is 6.04 Å².